The topological polar surface area (TPSA) is 38.1 Å². The Bertz CT molecular complexity index is 481. The summed E-state index contributed by atoms with van der Waals surface area (Å²) >= 11 is 3.46. The zero-order valence-corrected chi connectivity index (χ0v) is 11.0. The SMILES string of the molecule is CCNCC(C)c1nc2cccc(Br)c2o1. The van der Waals surface area contributed by atoms with Crippen molar-refractivity contribution in [2.45, 2.75) is 19.8 Å². The van der Waals surface area contributed by atoms with Crippen LogP contribution >= 0.6 is 15.9 Å². The van der Waals surface area contributed by atoms with Crippen LogP contribution in [0.2, 0.25) is 0 Å². The van der Waals surface area contributed by atoms with Crippen LogP contribution in [0.25, 0.3) is 11.1 Å². The van der Waals surface area contributed by atoms with Gasteiger partial charge >= 0.3 is 0 Å². The van der Waals surface area contributed by atoms with E-state index in [1.54, 1.807) is 0 Å². The van der Waals surface area contributed by atoms with Crippen LogP contribution in [0.5, 0.6) is 0 Å². The normalized spacial score (nSPS) is 13.2. The predicted molar refractivity (Wildman–Crippen MR) is 68.7 cm³/mol. The minimum absolute atomic E-state index is 0.291. The molecule has 0 aliphatic heterocycles. The number of hydrogen-bond donors (Lipinski definition) is 1. The van der Waals surface area contributed by atoms with E-state index < -0.39 is 0 Å². The molecule has 0 amide bonds. The van der Waals surface area contributed by atoms with Crippen molar-refractivity contribution in [3.05, 3.63) is 28.6 Å². The van der Waals surface area contributed by atoms with E-state index in [4.69, 9.17) is 4.42 Å². The van der Waals surface area contributed by atoms with E-state index in [1.165, 1.54) is 0 Å². The van der Waals surface area contributed by atoms with Crippen molar-refractivity contribution in [3.8, 4) is 0 Å². The van der Waals surface area contributed by atoms with Gasteiger partial charge in [-0.2, -0.15) is 0 Å². The second-order valence-corrected chi connectivity index (χ2v) is 4.70. The minimum atomic E-state index is 0.291. The molecule has 2 aromatic rings. The van der Waals surface area contributed by atoms with Gasteiger partial charge in [-0.1, -0.05) is 19.9 Å². The van der Waals surface area contributed by atoms with E-state index in [0.717, 1.165) is 34.6 Å². The Labute approximate surface area is 103 Å². The summed E-state index contributed by atoms with van der Waals surface area (Å²) in [5.41, 5.74) is 1.74. The molecule has 1 unspecified atom stereocenters. The van der Waals surface area contributed by atoms with Gasteiger partial charge in [0.05, 0.1) is 4.47 Å². The van der Waals surface area contributed by atoms with Crippen molar-refractivity contribution in [2.24, 2.45) is 0 Å². The van der Waals surface area contributed by atoms with Crippen LogP contribution in [-0.2, 0) is 0 Å². The van der Waals surface area contributed by atoms with Gasteiger partial charge in [-0.3, -0.25) is 0 Å². The first-order chi connectivity index (χ1) is 7.72. The molecule has 0 saturated carbocycles. The Morgan fingerprint density at radius 3 is 3.00 bits per heavy atom. The van der Waals surface area contributed by atoms with Crippen LogP contribution < -0.4 is 5.32 Å². The lowest BCUT2D eigenvalue weighted by Crippen LogP contribution is -2.19. The zero-order chi connectivity index (χ0) is 11.5. The Kier molecular flexibility index (Phi) is 3.61. The van der Waals surface area contributed by atoms with Crippen LogP contribution in [0.4, 0.5) is 0 Å². The van der Waals surface area contributed by atoms with Gasteiger partial charge < -0.3 is 9.73 Å². The first kappa shape index (κ1) is 11.6. The molecule has 86 valence electrons. The largest absolute Gasteiger partial charge is 0.439 e. The monoisotopic (exact) mass is 282 g/mol. The number of nitrogens with zero attached hydrogens (tertiary/aromatic N) is 1. The fraction of sp³-hybridized carbons (Fsp3) is 0.417. The molecule has 0 fully saturated rings. The van der Waals surface area contributed by atoms with Crippen molar-refractivity contribution < 1.29 is 4.42 Å². The van der Waals surface area contributed by atoms with Gasteiger partial charge in [-0.25, -0.2) is 4.98 Å². The first-order valence-corrected chi connectivity index (χ1v) is 6.27. The zero-order valence-electron chi connectivity index (χ0n) is 9.46. The highest BCUT2D eigenvalue weighted by atomic mass is 79.9. The Morgan fingerprint density at radius 2 is 2.31 bits per heavy atom. The van der Waals surface area contributed by atoms with Crippen LogP contribution in [0.3, 0.4) is 0 Å². The molecule has 3 nitrogen and oxygen atoms in total. The summed E-state index contributed by atoms with van der Waals surface area (Å²) in [6.45, 7) is 6.06. The highest BCUT2D eigenvalue weighted by Gasteiger charge is 2.14. The quantitative estimate of drug-likeness (QED) is 0.935. The molecule has 0 saturated heterocycles. The van der Waals surface area contributed by atoms with Gasteiger partial charge in [0.2, 0.25) is 0 Å². The van der Waals surface area contributed by atoms with Crippen LogP contribution in [0.1, 0.15) is 25.7 Å². The number of para-hydroxylation sites is 1. The molecular weight excluding hydrogens is 268 g/mol. The minimum Gasteiger partial charge on any atom is -0.439 e. The number of halogens is 1. The molecule has 0 bridgehead atoms. The van der Waals surface area contributed by atoms with Crippen molar-refractivity contribution in [1.29, 1.82) is 0 Å². The van der Waals surface area contributed by atoms with Crippen LogP contribution in [0, 0.1) is 0 Å². The van der Waals surface area contributed by atoms with Gasteiger partial charge in [0, 0.05) is 12.5 Å². The molecule has 0 aliphatic carbocycles. The number of rotatable bonds is 4. The first-order valence-electron chi connectivity index (χ1n) is 5.48. The summed E-state index contributed by atoms with van der Waals surface area (Å²) in [5, 5.41) is 3.29. The molecule has 16 heavy (non-hydrogen) atoms. The van der Waals surface area contributed by atoms with E-state index in [0.29, 0.717) is 5.92 Å². The number of nitrogens with one attached hydrogen (secondary N) is 1. The molecule has 4 heteroatoms. The van der Waals surface area contributed by atoms with Crippen LogP contribution in [-0.4, -0.2) is 18.1 Å². The van der Waals surface area contributed by atoms with E-state index in [1.807, 2.05) is 18.2 Å². The maximum atomic E-state index is 5.76. The summed E-state index contributed by atoms with van der Waals surface area (Å²) in [5.74, 6) is 1.09. The fourth-order valence-corrected chi connectivity index (χ4v) is 2.03. The third-order valence-electron chi connectivity index (χ3n) is 2.51. The summed E-state index contributed by atoms with van der Waals surface area (Å²) in [4.78, 5) is 4.49. The standard InChI is InChI=1S/C12H15BrN2O/c1-3-14-7-8(2)12-15-10-6-4-5-9(13)11(10)16-12/h4-6,8,14H,3,7H2,1-2H3. The predicted octanol–water partition coefficient (Wildman–Crippen LogP) is 3.30. The van der Waals surface area contributed by atoms with Crippen molar-refractivity contribution in [3.63, 3.8) is 0 Å². The molecule has 1 atom stereocenters. The maximum absolute atomic E-state index is 5.76. The molecule has 1 aromatic carbocycles. The Balaban J connectivity index is 2.29. The van der Waals surface area contributed by atoms with E-state index in [9.17, 15) is 0 Å². The summed E-state index contributed by atoms with van der Waals surface area (Å²) in [7, 11) is 0. The number of oxazole rings is 1. The molecule has 1 aromatic heterocycles. The highest BCUT2D eigenvalue weighted by Crippen LogP contribution is 2.27. The third-order valence-corrected chi connectivity index (χ3v) is 3.13. The van der Waals surface area contributed by atoms with Gasteiger partial charge in [0.1, 0.15) is 5.52 Å². The van der Waals surface area contributed by atoms with Gasteiger partial charge in [-0.15, -0.1) is 0 Å². The summed E-state index contributed by atoms with van der Waals surface area (Å²) in [6.07, 6.45) is 0. The summed E-state index contributed by atoms with van der Waals surface area (Å²) < 4.78 is 6.72. The lowest BCUT2D eigenvalue weighted by Gasteiger charge is -2.06. The van der Waals surface area contributed by atoms with Crippen molar-refractivity contribution in [2.75, 3.05) is 13.1 Å². The number of hydrogen-bond acceptors (Lipinski definition) is 3. The van der Waals surface area contributed by atoms with Crippen molar-refractivity contribution in [1.82, 2.24) is 10.3 Å². The Hall–Kier alpha value is -0.870. The second kappa shape index (κ2) is 4.97. The number of likely N-dealkylation sites (N-methyl/N-ethyl adjacent to an activating group) is 1. The Morgan fingerprint density at radius 1 is 1.50 bits per heavy atom. The molecule has 0 aliphatic rings. The average molecular weight is 283 g/mol. The molecule has 1 heterocycles. The fourth-order valence-electron chi connectivity index (χ4n) is 1.59. The van der Waals surface area contributed by atoms with Gasteiger partial charge in [-0.05, 0) is 34.6 Å². The van der Waals surface area contributed by atoms with E-state index in [-0.39, 0.29) is 0 Å². The average Bonchev–Trinajstić information content (AvgIpc) is 2.71. The smallest absolute Gasteiger partial charge is 0.199 e. The van der Waals surface area contributed by atoms with E-state index >= 15 is 0 Å². The third kappa shape index (κ3) is 2.28. The molecule has 0 spiro atoms. The van der Waals surface area contributed by atoms with E-state index in [2.05, 4.69) is 40.1 Å². The molecule has 2 rings (SSSR count). The molecule has 1 N–H and O–H groups in total. The maximum Gasteiger partial charge on any atom is 0.199 e. The van der Waals surface area contributed by atoms with Gasteiger partial charge in [0.15, 0.2) is 11.5 Å². The summed E-state index contributed by atoms with van der Waals surface area (Å²) in [6, 6.07) is 5.90. The number of benzene rings is 1. The molecule has 0 radical (unpaired) electrons. The van der Waals surface area contributed by atoms with Crippen LogP contribution in [0.15, 0.2) is 27.1 Å². The number of aromatic nitrogens is 1. The van der Waals surface area contributed by atoms with Gasteiger partial charge in [0.25, 0.3) is 0 Å². The lowest BCUT2D eigenvalue weighted by atomic mass is 10.2. The highest BCUT2D eigenvalue weighted by molar-refractivity contribution is 9.10. The second-order valence-electron chi connectivity index (χ2n) is 3.85. The number of fused-ring (bicyclic) bond motifs is 1. The molecular formula is C12H15BrN2O. The van der Waals surface area contributed by atoms with Crippen molar-refractivity contribution >= 4 is 27.0 Å². The lowest BCUT2D eigenvalue weighted by molar-refractivity contribution is 0.469.